The minimum Gasteiger partial charge on any atom is -0.480 e. The van der Waals surface area contributed by atoms with E-state index in [9.17, 15) is 18.0 Å². The molecule has 8 heteroatoms. The molecule has 1 amide bonds. The SMILES string of the molecule is CC(=O)N1CCc2cc(S(=O)(=O)N(CC(=O)O)C(C)C)ccc21. The van der Waals surface area contributed by atoms with E-state index in [0.717, 1.165) is 9.87 Å². The van der Waals surface area contributed by atoms with E-state index in [1.54, 1.807) is 24.8 Å². The lowest BCUT2D eigenvalue weighted by molar-refractivity contribution is -0.137. The van der Waals surface area contributed by atoms with E-state index >= 15 is 0 Å². The Morgan fingerprint density at radius 1 is 1.35 bits per heavy atom. The summed E-state index contributed by atoms with van der Waals surface area (Å²) in [5.41, 5.74) is 1.49. The molecule has 0 saturated heterocycles. The summed E-state index contributed by atoms with van der Waals surface area (Å²) in [6.07, 6.45) is 0.582. The minimum atomic E-state index is -3.91. The van der Waals surface area contributed by atoms with Crippen molar-refractivity contribution in [2.24, 2.45) is 0 Å². The third-order valence-corrected chi connectivity index (χ3v) is 5.82. The molecule has 1 aliphatic rings. The molecule has 7 nitrogen and oxygen atoms in total. The number of rotatable bonds is 5. The highest BCUT2D eigenvalue weighted by Gasteiger charge is 2.31. The normalized spacial score (nSPS) is 14.4. The third kappa shape index (κ3) is 3.37. The van der Waals surface area contributed by atoms with Gasteiger partial charge < -0.3 is 10.0 Å². The maximum Gasteiger partial charge on any atom is 0.318 e. The summed E-state index contributed by atoms with van der Waals surface area (Å²) in [6.45, 7) is 4.66. The molecular weight excluding hydrogens is 320 g/mol. The molecule has 23 heavy (non-hydrogen) atoms. The van der Waals surface area contributed by atoms with Crippen LogP contribution in [0.15, 0.2) is 23.1 Å². The highest BCUT2D eigenvalue weighted by Crippen LogP contribution is 2.31. The predicted octanol–water partition coefficient (Wildman–Crippen LogP) is 1.08. The number of carboxylic acid groups (broad SMARTS) is 1. The number of fused-ring (bicyclic) bond motifs is 1. The standard InChI is InChI=1S/C15H20N2O5S/c1-10(2)17(9-15(19)20)23(21,22)13-4-5-14-12(8-13)6-7-16(14)11(3)18/h4-5,8,10H,6-7,9H2,1-3H3,(H,19,20). The van der Waals surface area contributed by atoms with Crippen LogP contribution in [-0.2, 0) is 26.0 Å². The molecule has 0 atom stereocenters. The van der Waals surface area contributed by atoms with Crippen molar-refractivity contribution in [2.45, 2.75) is 38.1 Å². The fourth-order valence-corrected chi connectivity index (χ4v) is 4.32. The lowest BCUT2D eigenvalue weighted by atomic mass is 10.2. The van der Waals surface area contributed by atoms with Gasteiger partial charge in [0.15, 0.2) is 0 Å². The van der Waals surface area contributed by atoms with Crippen molar-refractivity contribution in [2.75, 3.05) is 18.0 Å². The maximum absolute atomic E-state index is 12.7. The number of anilines is 1. The van der Waals surface area contributed by atoms with Crippen LogP contribution in [0.3, 0.4) is 0 Å². The van der Waals surface area contributed by atoms with Crippen LogP contribution in [-0.4, -0.2) is 48.8 Å². The predicted molar refractivity (Wildman–Crippen MR) is 84.8 cm³/mol. The molecule has 2 rings (SSSR count). The number of sulfonamides is 1. The first-order valence-corrected chi connectivity index (χ1v) is 8.73. The van der Waals surface area contributed by atoms with E-state index in [-0.39, 0.29) is 10.8 Å². The topological polar surface area (TPSA) is 95.0 Å². The van der Waals surface area contributed by atoms with E-state index in [1.807, 2.05) is 0 Å². The van der Waals surface area contributed by atoms with Gasteiger partial charge in [-0.2, -0.15) is 4.31 Å². The monoisotopic (exact) mass is 340 g/mol. The fraction of sp³-hybridized carbons (Fsp3) is 0.467. The molecule has 0 bridgehead atoms. The first kappa shape index (κ1) is 17.4. The van der Waals surface area contributed by atoms with E-state index in [1.165, 1.54) is 19.1 Å². The number of carbonyl (C=O) groups excluding carboxylic acids is 1. The van der Waals surface area contributed by atoms with E-state index in [2.05, 4.69) is 0 Å². The van der Waals surface area contributed by atoms with E-state index in [4.69, 9.17) is 5.11 Å². The largest absolute Gasteiger partial charge is 0.480 e. The van der Waals surface area contributed by atoms with Crippen molar-refractivity contribution in [3.05, 3.63) is 23.8 Å². The van der Waals surface area contributed by atoms with Gasteiger partial charge in [-0.15, -0.1) is 0 Å². The summed E-state index contributed by atoms with van der Waals surface area (Å²) in [5.74, 6) is -1.29. The Bertz CT molecular complexity index is 742. The van der Waals surface area contributed by atoms with Gasteiger partial charge in [0.25, 0.3) is 0 Å². The van der Waals surface area contributed by atoms with Gasteiger partial charge in [0, 0.05) is 25.2 Å². The van der Waals surface area contributed by atoms with Crippen LogP contribution < -0.4 is 4.90 Å². The molecule has 1 N–H and O–H groups in total. The van der Waals surface area contributed by atoms with E-state index in [0.29, 0.717) is 18.7 Å². The summed E-state index contributed by atoms with van der Waals surface area (Å²) in [4.78, 5) is 24.1. The van der Waals surface area contributed by atoms with Crippen LogP contribution in [0.5, 0.6) is 0 Å². The Morgan fingerprint density at radius 3 is 2.52 bits per heavy atom. The summed E-state index contributed by atoms with van der Waals surface area (Å²) in [7, 11) is -3.91. The molecular formula is C15H20N2O5S. The molecule has 1 aliphatic heterocycles. The zero-order valence-corrected chi connectivity index (χ0v) is 14.1. The highest BCUT2D eigenvalue weighted by molar-refractivity contribution is 7.89. The zero-order chi connectivity index (χ0) is 17.4. The van der Waals surface area contributed by atoms with Gasteiger partial charge >= 0.3 is 5.97 Å². The number of carbonyl (C=O) groups is 2. The Hall–Kier alpha value is -1.93. The van der Waals surface area contributed by atoms with Crippen molar-refractivity contribution in [1.29, 1.82) is 0 Å². The van der Waals surface area contributed by atoms with Gasteiger partial charge in [-0.1, -0.05) is 0 Å². The van der Waals surface area contributed by atoms with Crippen LogP contribution >= 0.6 is 0 Å². The molecule has 0 saturated carbocycles. The number of nitrogens with zero attached hydrogens (tertiary/aromatic N) is 2. The number of carboxylic acids is 1. The van der Waals surface area contributed by atoms with Crippen LogP contribution in [0.4, 0.5) is 5.69 Å². The molecule has 1 heterocycles. The van der Waals surface area contributed by atoms with E-state index < -0.39 is 28.6 Å². The molecule has 0 radical (unpaired) electrons. The lowest BCUT2D eigenvalue weighted by Gasteiger charge is -2.24. The average molecular weight is 340 g/mol. The number of aliphatic carboxylic acids is 1. The van der Waals surface area contributed by atoms with Gasteiger partial charge in [0.05, 0.1) is 4.90 Å². The Kier molecular flexibility index (Phi) is 4.76. The first-order chi connectivity index (χ1) is 10.6. The molecule has 0 unspecified atom stereocenters. The van der Waals surface area contributed by atoms with Gasteiger partial charge in [0.2, 0.25) is 15.9 Å². The molecule has 0 aromatic heterocycles. The van der Waals surface area contributed by atoms with Gasteiger partial charge in [0.1, 0.15) is 6.54 Å². The molecule has 1 aromatic rings. The molecule has 0 aliphatic carbocycles. The second kappa shape index (κ2) is 6.29. The highest BCUT2D eigenvalue weighted by atomic mass is 32.2. The lowest BCUT2D eigenvalue weighted by Crippen LogP contribution is -2.40. The van der Waals surface area contributed by atoms with Crippen LogP contribution in [0.2, 0.25) is 0 Å². The Balaban J connectivity index is 2.42. The maximum atomic E-state index is 12.7. The smallest absolute Gasteiger partial charge is 0.318 e. The first-order valence-electron chi connectivity index (χ1n) is 7.29. The molecule has 126 valence electrons. The van der Waals surface area contributed by atoms with Crippen molar-refractivity contribution >= 4 is 27.6 Å². The quantitative estimate of drug-likeness (QED) is 0.865. The third-order valence-electron chi connectivity index (χ3n) is 3.80. The second-order valence-corrected chi connectivity index (χ2v) is 7.64. The van der Waals surface area contributed by atoms with Crippen molar-refractivity contribution in [1.82, 2.24) is 4.31 Å². The summed E-state index contributed by atoms with van der Waals surface area (Å²) < 4.78 is 26.4. The molecule has 0 fully saturated rings. The van der Waals surface area contributed by atoms with Crippen LogP contribution in [0, 0.1) is 0 Å². The van der Waals surface area contributed by atoms with Gasteiger partial charge in [-0.05, 0) is 44.0 Å². The Morgan fingerprint density at radius 2 is 2.00 bits per heavy atom. The number of amides is 1. The van der Waals surface area contributed by atoms with Gasteiger partial charge in [-0.3, -0.25) is 9.59 Å². The number of hydrogen-bond donors (Lipinski definition) is 1. The van der Waals surface area contributed by atoms with Gasteiger partial charge in [-0.25, -0.2) is 8.42 Å². The Labute approximate surface area is 135 Å². The number of hydrogen-bond acceptors (Lipinski definition) is 4. The summed E-state index contributed by atoms with van der Waals surface area (Å²) in [5, 5.41) is 8.94. The van der Waals surface area contributed by atoms with Crippen LogP contribution in [0.1, 0.15) is 26.3 Å². The fourth-order valence-electron chi connectivity index (χ4n) is 2.68. The number of benzene rings is 1. The summed E-state index contributed by atoms with van der Waals surface area (Å²) >= 11 is 0. The van der Waals surface area contributed by atoms with Crippen molar-refractivity contribution < 1.29 is 23.1 Å². The minimum absolute atomic E-state index is 0.0524. The second-order valence-electron chi connectivity index (χ2n) is 5.75. The van der Waals surface area contributed by atoms with Crippen molar-refractivity contribution in [3.8, 4) is 0 Å². The van der Waals surface area contributed by atoms with Crippen molar-refractivity contribution in [3.63, 3.8) is 0 Å². The zero-order valence-electron chi connectivity index (χ0n) is 13.3. The van der Waals surface area contributed by atoms with Crippen LogP contribution in [0.25, 0.3) is 0 Å². The molecule has 1 aromatic carbocycles. The molecule has 0 spiro atoms. The average Bonchev–Trinajstić information content (AvgIpc) is 2.87. The summed E-state index contributed by atoms with van der Waals surface area (Å²) in [6, 6.07) is 4.09.